The smallest absolute Gasteiger partial charge is 0.425 e. The Bertz CT molecular complexity index is 1520. The van der Waals surface area contributed by atoms with Gasteiger partial charge in [-0.05, 0) is 42.8 Å². The zero-order valence-corrected chi connectivity index (χ0v) is 22.4. The summed E-state index contributed by atoms with van der Waals surface area (Å²) in [6, 6.07) is 15.9. The van der Waals surface area contributed by atoms with Crippen molar-refractivity contribution in [2.24, 2.45) is 5.11 Å². The average Bonchev–Trinajstić information content (AvgIpc) is 3.18. The number of carbonyl (C=O) groups is 1. The first-order valence-corrected chi connectivity index (χ1v) is 13.6. The summed E-state index contributed by atoms with van der Waals surface area (Å²) in [6.07, 6.45) is -4.24. The molecule has 2 heterocycles. The molecule has 1 aromatic heterocycles. The summed E-state index contributed by atoms with van der Waals surface area (Å²) in [4.78, 5) is 31.2. The number of rotatable bonds is 11. The molecule has 4 rings (SSSR count). The highest BCUT2D eigenvalue weighted by molar-refractivity contribution is 7.52. The van der Waals surface area contributed by atoms with Crippen LogP contribution in [0.5, 0.6) is 11.5 Å². The van der Waals surface area contributed by atoms with E-state index >= 15 is 0 Å². The maximum Gasteiger partial charge on any atom is 0.459 e. The van der Waals surface area contributed by atoms with Gasteiger partial charge in [-0.25, -0.2) is 14.2 Å². The van der Waals surface area contributed by atoms with Crippen molar-refractivity contribution in [1.29, 1.82) is 0 Å². The van der Waals surface area contributed by atoms with Crippen LogP contribution in [0.1, 0.15) is 13.2 Å². The van der Waals surface area contributed by atoms with Gasteiger partial charge in [-0.3, -0.25) is 9.09 Å². The van der Waals surface area contributed by atoms with Gasteiger partial charge in [0, 0.05) is 11.1 Å². The van der Waals surface area contributed by atoms with E-state index in [-0.39, 0.29) is 17.3 Å². The molecule has 1 aliphatic heterocycles. The molecule has 17 heteroatoms. The predicted octanol–water partition coefficient (Wildman–Crippen LogP) is 1.87. The van der Waals surface area contributed by atoms with Gasteiger partial charge >= 0.3 is 19.4 Å². The Morgan fingerprint density at radius 1 is 1.22 bits per heavy atom. The number of para-hydroxylation sites is 2. The van der Waals surface area contributed by atoms with Gasteiger partial charge in [0.05, 0.1) is 6.61 Å². The fourth-order valence-electron chi connectivity index (χ4n) is 3.79. The van der Waals surface area contributed by atoms with E-state index in [4.69, 9.17) is 24.3 Å². The fraction of sp³-hybridized carbons (Fsp3) is 0.292. The number of aliphatic hydroxyl groups is 2. The number of benzene rings is 2. The number of nitrogen functional groups attached to an aromatic ring is 1. The van der Waals surface area contributed by atoms with E-state index in [0.29, 0.717) is 0 Å². The molecule has 0 aliphatic carbocycles. The second-order valence-electron chi connectivity index (χ2n) is 8.78. The van der Waals surface area contributed by atoms with Crippen LogP contribution in [0.15, 0.2) is 82.8 Å². The number of aliphatic hydroxyl groups excluding tert-OH is 2. The molecule has 1 unspecified atom stereocenters. The third-order valence-electron chi connectivity index (χ3n) is 5.82. The number of nitrogens with zero attached hydrogens (tertiary/aromatic N) is 5. The summed E-state index contributed by atoms with van der Waals surface area (Å²) < 4.78 is 36.7. The van der Waals surface area contributed by atoms with Crippen LogP contribution in [-0.4, -0.2) is 56.3 Å². The minimum absolute atomic E-state index is 0.0788. The van der Waals surface area contributed by atoms with Gasteiger partial charge in [-0.15, -0.1) is 0 Å². The largest absolute Gasteiger partial charge is 0.459 e. The fourth-order valence-corrected chi connectivity index (χ4v) is 5.30. The second-order valence-corrected chi connectivity index (χ2v) is 10.5. The highest BCUT2D eigenvalue weighted by Crippen LogP contribution is 2.48. The van der Waals surface area contributed by atoms with Crippen molar-refractivity contribution in [1.82, 2.24) is 14.6 Å². The molecule has 41 heavy (non-hydrogen) atoms. The third-order valence-corrected chi connectivity index (χ3v) is 7.44. The molecule has 0 amide bonds. The Morgan fingerprint density at radius 3 is 2.46 bits per heavy atom. The van der Waals surface area contributed by atoms with Crippen molar-refractivity contribution in [3.8, 4) is 11.5 Å². The number of anilines is 1. The van der Waals surface area contributed by atoms with E-state index in [1.165, 1.54) is 25.1 Å². The molecule has 2 aromatic carbocycles. The Kier molecular flexibility index (Phi) is 9.05. The minimum Gasteiger partial charge on any atom is -0.425 e. The number of carbonyl (C=O) groups excluding carboxylic acids is 1. The monoisotopic (exact) mass is 587 g/mol. The lowest BCUT2D eigenvalue weighted by Crippen LogP contribution is -2.46. The lowest BCUT2D eigenvalue weighted by molar-refractivity contribution is -0.136. The molecule has 216 valence electrons. The summed E-state index contributed by atoms with van der Waals surface area (Å²) in [6.45, 7) is 0.389. The van der Waals surface area contributed by atoms with Crippen LogP contribution in [0.2, 0.25) is 0 Å². The summed E-state index contributed by atoms with van der Waals surface area (Å²) in [5, 5.41) is 27.4. The molecular weight excluding hydrogens is 561 g/mol. The summed E-state index contributed by atoms with van der Waals surface area (Å²) in [7, 11) is -4.53. The zero-order chi connectivity index (χ0) is 29.6. The predicted molar refractivity (Wildman–Crippen MR) is 142 cm³/mol. The molecule has 16 nitrogen and oxygen atoms in total. The number of esters is 1. The van der Waals surface area contributed by atoms with Gasteiger partial charge in [0.15, 0.2) is 6.23 Å². The van der Waals surface area contributed by atoms with Crippen molar-refractivity contribution in [3.05, 3.63) is 93.9 Å². The van der Waals surface area contributed by atoms with Gasteiger partial charge in [0.25, 0.3) is 0 Å². The minimum atomic E-state index is -4.53. The van der Waals surface area contributed by atoms with Gasteiger partial charge < -0.3 is 29.9 Å². The van der Waals surface area contributed by atoms with Crippen molar-refractivity contribution >= 4 is 19.5 Å². The van der Waals surface area contributed by atoms with Crippen molar-refractivity contribution < 1.29 is 38.1 Å². The maximum absolute atomic E-state index is 13.9. The number of nitrogens with one attached hydrogen (secondary N) is 1. The Balaban J connectivity index is 1.59. The number of nitrogens with two attached hydrogens (primary N) is 1. The number of aromatic nitrogens is 2. The van der Waals surface area contributed by atoms with Crippen LogP contribution in [0.3, 0.4) is 0 Å². The second kappa shape index (κ2) is 12.5. The first-order valence-electron chi connectivity index (χ1n) is 12.0. The SMILES string of the molecule is C[C@H](NP(=O)(OC[C@@]1(N=[N+]=[N-])O[C@@H](n2ccc(N)nc2=O)[C@H](O)[C@@H]1O)Oc1ccccc1)C(=O)Oc1ccccc1. The van der Waals surface area contributed by atoms with Gasteiger partial charge in [-0.2, -0.15) is 10.1 Å². The van der Waals surface area contributed by atoms with Crippen LogP contribution >= 0.6 is 7.75 Å². The van der Waals surface area contributed by atoms with Crippen LogP contribution in [0, 0.1) is 0 Å². The number of azide groups is 1. The van der Waals surface area contributed by atoms with Gasteiger partial charge in [0.1, 0.15) is 35.6 Å². The van der Waals surface area contributed by atoms with E-state index < -0.39 is 56.2 Å². The van der Waals surface area contributed by atoms with Crippen molar-refractivity contribution in [2.45, 2.75) is 37.1 Å². The lowest BCUT2D eigenvalue weighted by Gasteiger charge is -2.29. The highest BCUT2D eigenvalue weighted by Gasteiger charge is 2.56. The number of ether oxygens (including phenoxy) is 2. The van der Waals surface area contributed by atoms with E-state index in [2.05, 4.69) is 20.1 Å². The molecule has 0 bridgehead atoms. The zero-order valence-electron chi connectivity index (χ0n) is 21.5. The standard InChI is InChI=1S/C24H26N7O9P/c1-15(22(34)38-16-8-4-2-5-9-16)28-41(36,40-17-10-6-3-7-11-17)37-14-24(29-30-26)20(33)19(32)21(39-24)31-13-12-18(25)27-23(31)35/h2-13,15,19-21,32-33H,14H2,1H3,(H,28,36)(H2,25,27,35)/t15-,19+,20-,21+,24+,41?/m0/s1. The van der Waals surface area contributed by atoms with E-state index in [9.17, 15) is 29.9 Å². The molecule has 3 aromatic rings. The molecule has 1 aliphatic rings. The Labute approximate surface area is 232 Å². The quantitative estimate of drug-likeness (QED) is 0.0628. The molecule has 6 atom stereocenters. The topological polar surface area (TPSA) is 233 Å². The molecule has 0 spiro atoms. The van der Waals surface area contributed by atoms with Crippen molar-refractivity contribution in [3.63, 3.8) is 0 Å². The molecule has 1 fully saturated rings. The maximum atomic E-state index is 13.9. The first kappa shape index (κ1) is 29.7. The molecule has 0 radical (unpaired) electrons. The average molecular weight is 587 g/mol. The van der Waals surface area contributed by atoms with Crippen molar-refractivity contribution in [2.75, 3.05) is 12.3 Å². The highest BCUT2D eigenvalue weighted by atomic mass is 31.2. The lowest BCUT2D eigenvalue weighted by atomic mass is 10.1. The van der Waals surface area contributed by atoms with Gasteiger partial charge in [0.2, 0.25) is 5.72 Å². The van der Waals surface area contributed by atoms with Crippen LogP contribution in [0.4, 0.5) is 5.82 Å². The Morgan fingerprint density at radius 2 is 1.85 bits per heavy atom. The summed E-state index contributed by atoms with van der Waals surface area (Å²) >= 11 is 0. The van der Waals surface area contributed by atoms with Gasteiger partial charge in [-0.1, -0.05) is 41.5 Å². The van der Waals surface area contributed by atoms with E-state index in [1.807, 2.05) is 0 Å². The van der Waals surface area contributed by atoms with E-state index in [0.717, 1.165) is 10.8 Å². The molecular formula is C24H26N7O9P. The molecule has 0 saturated carbocycles. The molecule has 1 saturated heterocycles. The van der Waals surface area contributed by atoms with Crippen LogP contribution in [-0.2, 0) is 18.6 Å². The first-order chi connectivity index (χ1) is 19.6. The normalized spacial score (nSPS) is 24.0. The van der Waals surface area contributed by atoms with E-state index in [1.54, 1.807) is 48.5 Å². The number of hydrogen-bond acceptors (Lipinski definition) is 12. The van der Waals surface area contributed by atoms with Crippen LogP contribution in [0.25, 0.3) is 10.4 Å². The van der Waals surface area contributed by atoms with Crippen LogP contribution < -0.4 is 25.8 Å². The molecule has 5 N–H and O–H groups in total. The summed E-state index contributed by atoms with van der Waals surface area (Å²) in [5.41, 5.74) is 11.4. The Hall–Kier alpha value is -4.27. The summed E-state index contributed by atoms with van der Waals surface area (Å²) in [5.74, 6) is -0.614. The number of hydrogen-bond donors (Lipinski definition) is 4. The third kappa shape index (κ3) is 6.90.